The molecule has 0 N–H and O–H groups in total. The number of ether oxygens (including phenoxy) is 3. The lowest BCUT2D eigenvalue weighted by atomic mass is 9.69. The van der Waals surface area contributed by atoms with E-state index in [0.29, 0.717) is 25.0 Å². The fourth-order valence-corrected chi connectivity index (χ4v) is 4.97. The minimum absolute atomic E-state index is 0.0229. The molecular formula is C24H34F2O3. The molecule has 1 aromatic carbocycles. The van der Waals surface area contributed by atoms with E-state index in [2.05, 4.69) is 12.2 Å². The number of hydrogen-bond acceptors (Lipinski definition) is 3. The van der Waals surface area contributed by atoms with Gasteiger partial charge in [0.15, 0.2) is 11.5 Å². The zero-order valence-electron chi connectivity index (χ0n) is 17.7. The highest BCUT2D eigenvalue weighted by Crippen LogP contribution is 2.41. The van der Waals surface area contributed by atoms with Gasteiger partial charge in [-0.1, -0.05) is 12.2 Å². The van der Waals surface area contributed by atoms with Gasteiger partial charge in [-0.2, -0.15) is 8.78 Å². The second-order valence-corrected chi connectivity index (χ2v) is 8.54. The molecule has 2 aliphatic rings. The summed E-state index contributed by atoms with van der Waals surface area (Å²) >= 11 is 0. The Kier molecular flexibility index (Phi) is 8.34. The Hall–Kier alpha value is -1.62. The molecule has 0 amide bonds. The molecule has 0 saturated heterocycles. The van der Waals surface area contributed by atoms with Gasteiger partial charge in [0.05, 0.1) is 20.3 Å². The Morgan fingerprint density at radius 1 is 0.862 bits per heavy atom. The van der Waals surface area contributed by atoms with Gasteiger partial charge in [0, 0.05) is 7.11 Å². The Labute approximate surface area is 173 Å². The molecule has 5 heteroatoms. The van der Waals surface area contributed by atoms with Crippen molar-refractivity contribution in [3.8, 4) is 11.5 Å². The predicted molar refractivity (Wildman–Crippen MR) is 110 cm³/mol. The van der Waals surface area contributed by atoms with E-state index in [1.807, 2.05) is 0 Å². The van der Waals surface area contributed by atoms with Gasteiger partial charge in [-0.05, 0) is 87.2 Å². The first-order valence-corrected chi connectivity index (χ1v) is 10.9. The normalized spacial score (nSPS) is 27.9. The van der Waals surface area contributed by atoms with Crippen LogP contribution in [0.5, 0.6) is 11.5 Å². The molecule has 0 bridgehead atoms. The maximum Gasteiger partial charge on any atom is 0.204 e. The van der Waals surface area contributed by atoms with Crippen LogP contribution >= 0.6 is 0 Å². The SMILES string of the molecule is COCC=C[C@H]1CC[C@H]([C@H]2CC[C@H](COc3ccc(OC)c(F)c3F)CC2)CC1. The highest BCUT2D eigenvalue weighted by molar-refractivity contribution is 5.34. The summed E-state index contributed by atoms with van der Waals surface area (Å²) in [7, 11) is 3.05. The Morgan fingerprint density at radius 2 is 1.45 bits per heavy atom. The minimum atomic E-state index is -0.985. The van der Waals surface area contributed by atoms with Crippen LogP contribution in [0.25, 0.3) is 0 Å². The van der Waals surface area contributed by atoms with Gasteiger partial charge < -0.3 is 14.2 Å². The van der Waals surface area contributed by atoms with Crippen molar-refractivity contribution < 1.29 is 23.0 Å². The monoisotopic (exact) mass is 408 g/mol. The standard InChI is InChI=1S/C24H34F2O3/c1-27-15-3-4-17-5-9-19(10-6-17)20-11-7-18(8-12-20)16-29-22-14-13-21(28-2)23(25)24(22)26/h3-4,13-14,17-20H,5-12,15-16H2,1-2H3/t17-,18-,19-,20-. The van der Waals surface area contributed by atoms with Gasteiger partial charge >= 0.3 is 0 Å². The fraction of sp³-hybridized carbons (Fsp3) is 0.667. The number of hydrogen-bond donors (Lipinski definition) is 0. The topological polar surface area (TPSA) is 27.7 Å². The second-order valence-electron chi connectivity index (χ2n) is 8.54. The van der Waals surface area contributed by atoms with E-state index in [9.17, 15) is 8.78 Å². The van der Waals surface area contributed by atoms with Crippen LogP contribution < -0.4 is 9.47 Å². The van der Waals surface area contributed by atoms with Crippen LogP contribution in [0.15, 0.2) is 24.3 Å². The number of methoxy groups -OCH3 is 2. The van der Waals surface area contributed by atoms with Gasteiger partial charge in [-0.25, -0.2) is 0 Å². The van der Waals surface area contributed by atoms with Crippen molar-refractivity contribution in [2.75, 3.05) is 27.4 Å². The molecule has 2 aliphatic carbocycles. The molecule has 2 saturated carbocycles. The van der Waals surface area contributed by atoms with E-state index in [1.54, 1.807) is 7.11 Å². The Balaban J connectivity index is 1.40. The fourth-order valence-electron chi connectivity index (χ4n) is 4.97. The first-order chi connectivity index (χ1) is 14.1. The summed E-state index contributed by atoms with van der Waals surface area (Å²) in [4.78, 5) is 0. The van der Waals surface area contributed by atoms with E-state index < -0.39 is 11.6 Å². The van der Waals surface area contributed by atoms with Gasteiger partial charge in [-0.3, -0.25) is 0 Å². The van der Waals surface area contributed by atoms with E-state index in [-0.39, 0.29) is 11.5 Å². The Bertz CT molecular complexity index is 660. The summed E-state index contributed by atoms with van der Waals surface area (Å²) in [5.41, 5.74) is 0. The maximum absolute atomic E-state index is 14.0. The van der Waals surface area contributed by atoms with Crippen LogP contribution in [0.3, 0.4) is 0 Å². The molecule has 3 nitrogen and oxygen atoms in total. The quantitative estimate of drug-likeness (QED) is 0.482. The lowest BCUT2D eigenvalue weighted by molar-refractivity contribution is 0.127. The van der Waals surface area contributed by atoms with Gasteiger partial charge in [-0.15, -0.1) is 0 Å². The van der Waals surface area contributed by atoms with Crippen LogP contribution in [-0.2, 0) is 4.74 Å². The molecule has 1 aromatic rings. The van der Waals surface area contributed by atoms with Crippen LogP contribution in [-0.4, -0.2) is 27.4 Å². The summed E-state index contributed by atoms with van der Waals surface area (Å²) in [5, 5.41) is 0. The van der Waals surface area contributed by atoms with E-state index >= 15 is 0 Å². The maximum atomic E-state index is 14.0. The third-order valence-electron chi connectivity index (χ3n) is 6.75. The summed E-state index contributed by atoms with van der Waals surface area (Å²) in [6.07, 6.45) is 14.4. The van der Waals surface area contributed by atoms with E-state index in [0.717, 1.165) is 24.7 Å². The zero-order chi connectivity index (χ0) is 20.6. The number of benzene rings is 1. The van der Waals surface area contributed by atoms with Gasteiger partial charge in [0.2, 0.25) is 11.6 Å². The van der Waals surface area contributed by atoms with Crippen LogP contribution in [0, 0.1) is 35.3 Å². The number of allylic oxidation sites excluding steroid dienone is 1. The summed E-state index contributed by atoms with van der Waals surface area (Å²) < 4.78 is 43.3. The van der Waals surface area contributed by atoms with Gasteiger partial charge in [0.25, 0.3) is 0 Å². The molecule has 29 heavy (non-hydrogen) atoms. The van der Waals surface area contributed by atoms with Crippen LogP contribution in [0.4, 0.5) is 8.78 Å². The van der Waals surface area contributed by atoms with Crippen molar-refractivity contribution in [1.29, 1.82) is 0 Å². The van der Waals surface area contributed by atoms with Crippen molar-refractivity contribution in [1.82, 2.24) is 0 Å². The summed E-state index contributed by atoms with van der Waals surface area (Å²) in [6, 6.07) is 2.86. The highest BCUT2D eigenvalue weighted by atomic mass is 19.2. The largest absolute Gasteiger partial charge is 0.494 e. The third-order valence-corrected chi connectivity index (χ3v) is 6.75. The van der Waals surface area contributed by atoms with Gasteiger partial charge in [0.1, 0.15) is 0 Å². The average Bonchev–Trinajstić information content (AvgIpc) is 2.76. The van der Waals surface area contributed by atoms with E-state index in [4.69, 9.17) is 14.2 Å². The number of rotatable bonds is 8. The molecule has 0 atom stereocenters. The van der Waals surface area contributed by atoms with E-state index in [1.165, 1.54) is 57.8 Å². The molecule has 0 unspecified atom stereocenters. The molecule has 162 valence electrons. The third kappa shape index (κ3) is 5.94. The van der Waals surface area contributed by atoms with Crippen molar-refractivity contribution in [2.45, 2.75) is 51.4 Å². The summed E-state index contributed by atoms with van der Waals surface area (Å²) in [5.74, 6) is 0.720. The smallest absolute Gasteiger partial charge is 0.204 e. The van der Waals surface area contributed by atoms with Crippen molar-refractivity contribution in [3.63, 3.8) is 0 Å². The molecular weight excluding hydrogens is 374 g/mol. The molecule has 0 spiro atoms. The highest BCUT2D eigenvalue weighted by Gasteiger charge is 2.30. The molecule has 0 aromatic heterocycles. The van der Waals surface area contributed by atoms with Crippen molar-refractivity contribution >= 4 is 0 Å². The minimum Gasteiger partial charge on any atom is -0.494 e. The Morgan fingerprint density at radius 3 is 2.07 bits per heavy atom. The first-order valence-electron chi connectivity index (χ1n) is 10.9. The predicted octanol–water partition coefficient (Wildman–Crippen LogP) is 6.17. The molecule has 2 fully saturated rings. The lowest BCUT2D eigenvalue weighted by Gasteiger charge is -2.37. The van der Waals surface area contributed by atoms with Crippen LogP contribution in [0.1, 0.15) is 51.4 Å². The van der Waals surface area contributed by atoms with Crippen molar-refractivity contribution in [3.05, 3.63) is 35.9 Å². The number of halogens is 2. The first kappa shape index (κ1) is 22.1. The molecule has 0 heterocycles. The van der Waals surface area contributed by atoms with Crippen molar-refractivity contribution in [2.24, 2.45) is 23.7 Å². The average molecular weight is 409 g/mol. The van der Waals surface area contributed by atoms with Crippen LogP contribution in [0.2, 0.25) is 0 Å². The summed E-state index contributed by atoms with van der Waals surface area (Å²) in [6.45, 7) is 1.16. The molecule has 0 aliphatic heterocycles. The molecule has 0 radical (unpaired) electrons. The second kappa shape index (κ2) is 11.0. The lowest BCUT2D eigenvalue weighted by Crippen LogP contribution is -2.27. The zero-order valence-corrected chi connectivity index (χ0v) is 17.7. The molecule has 3 rings (SSSR count).